The highest BCUT2D eigenvalue weighted by Crippen LogP contribution is 2.24. The number of hydrogen-bond acceptors (Lipinski definition) is 3. The fourth-order valence-electron chi connectivity index (χ4n) is 2.08. The summed E-state index contributed by atoms with van der Waals surface area (Å²) in [6.07, 6.45) is 1.76. The second-order valence-corrected chi connectivity index (χ2v) is 5.76. The van der Waals surface area contributed by atoms with Gasteiger partial charge in [-0.2, -0.15) is 0 Å². The number of amides is 1. The molecule has 1 unspecified atom stereocenters. The van der Waals surface area contributed by atoms with E-state index in [1.165, 1.54) is 0 Å². The minimum Gasteiger partial charge on any atom is -0.393 e. The molecule has 2 N–H and O–H groups in total. The van der Waals surface area contributed by atoms with E-state index in [0.29, 0.717) is 29.1 Å². The van der Waals surface area contributed by atoms with Gasteiger partial charge in [-0.3, -0.25) is 9.78 Å². The van der Waals surface area contributed by atoms with Gasteiger partial charge in [-0.1, -0.05) is 25.4 Å². The minimum absolute atomic E-state index is 0.180. The molecule has 0 bridgehead atoms. The Kier molecular flexibility index (Phi) is 5.15. The van der Waals surface area contributed by atoms with Crippen molar-refractivity contribution in [2.45, 2.75) is 26.4 Å². The van der Waals surface area contributed by atoms with Crippen molar-refractivity contribution in [1.82, 2.24) is 10.3 Å². The predicted octanol–water partition coefficient (Wildman–Crippen LogP) is 3.03. The number of fused-ring (bicyclic) bond motifs is 1. The van der Waals surface area contributed by atoms with Gasteiger partial charge in [0.15, 0.2) is 0 Å². The lowest BCUT2D eigenvalue weighted by molar-refractivity contribution is 0.0921. The average Bonchev–Trinajstić information content (AvgIpc) is 2.47. The van der Waals surface area contributed by atoms with Crippen molar-refractivity contribution in [1.29, 1.82) is 0 Å². The van der Waals surface area contributed by atoms with E-state index in [1.54, 1.807) is 24.4 Å². The van der Waals surface area contributed by atoms with E-state index >= 15 is 0 Å². The van der Waals surface area contributed by atoms with Crippen LogP contribution in [0.15, 0.2) is 30.5 Å². The van der Waals surface area contributed by atoms with Gasteiger partial charge in [0.05, 0.1) is 22.2 Å². The molecule has 0 aliphatic rings. The van der Waals surface area contributed by atoms with Crippen LogP contribution in [0.5, 0.6) is 0 Å². The number of nitrogens with one attached hydrogen (secondary N) is 1. The molecule has 0 spiro atoms. The number of aromatic nitrogens is 1. The highest BCUT2D eigenvalue weighted by atomic mass is 35.5. The lowest BCUT2D eigenvalue weighted by Gasteiger charge is -2.14. The first kappa shape index (κ1) is 15.7. The Labute approximate surface area is 129 Å². The van der Waals surface area contributed by atoms with E-state index in [9.17, 15) is 9.90 Å². The number of carbonyl (C=O) groups is 1. The van der Waals surface area contributed by atoms with Crippen LogP contribution in [-0.2, 0) is 0 Å². The van der Waals surface area contributed by atoms with Crippen molar-refractivity contribution in [3.8, 4) is 0 Å². The Morgan fingerprint density at radius 2 is 2.14 bits per heavy atom. The first-order valence-corrected chi connectivity index (χ1v) is 7.38. The summed E-state index contributed by atoms with van der Waals surface area (Å²) in [6, 6.07) is 6.99. The van der Waals surface area contributed by atoms with Crippen molar-refractivity contribution in [3.05, 3.63) is 41.0 Å². The Bertz CT molecular complexity index is 643. The molecule has 1 aromatic carbocycles. The third-order valence-corrected chi connectivity index (χ3v) is 3.79. The molecule has 0 saturated heterocycles. The van der Waals surface area contributed by atoms with E-state index in [0.717, 1.165) is 5.39 Å². The Morgan fingerprint density at radius 1 is 1.38 bits per heavy atom. The molecular weight excluding hydrogens is 288 g/mol. The van der Waals surface area contributed by atoms with Crippen LogP contribution in [0.4, 0.5) is 0 Å². The molecule has 1 aromatic heterocycles. The summed E-state index contributed by atoms with van der Waals surface area (Å²) in [5, 5.41) is 13.9. The van der Waals surface area contributed by atoms with Gasteiger partial charge in [0.25, 0.3) is 5.91 Å². The molecule has 5 heteroatoms. The van der Waals surface area contributed by atoms with Crippen molar-refractivity contribution in [2.24, 2.45) is 5.92 Å². The van der Waals surface area contributed by atoms with E-state index in [4.69, 9.17) is 11.6 Å². The summed E-state index contributed by atoms with van der Waals surface area (Å²) >= 11 is 6.11. The van der Waals surface area contributed by atoms with Gasteiger partial charge < -0.3 is 10.4 Å². The quantitative estimate of drug-likeness (QED) is 0.892. The summed E-state index contributed by atoms with van der Waals surface area (Å²) in [6.45, 7) is 4.32. The lowest BCUT2D eigenvalue weighted by atomic mass is 10.0. The maximum atomic E-state index is 12.2. The van der Waals surface area contributed by atoms with Crippen LogP contribution in [0.3, 0.4) is 0 Å². The number of aliphatic hydroxyl groups excluding tert-OH is 1. The molecule has 0 fully saturated rings. The molecule has 1 heterocycles. The molecule has 21 heavy (non-hydrogen) atoms. The number of rotatable bonds is 5. The van der Waals surface area contributed by atoms with Gasteiger partial charge in [0.1, 0.15) is 0 Å². The van der Waals surface area contributed by atoms with Crippen molar-refractivity contribution in [3.63, 3.8) is 0 Å². The van der Waals surface area contributed by atoms with Crippen molar-refractivity contribution < 1.29 is 9.90 Å². The lowest BCUT2D eigenvalue weighted by Crippen LogP contribution is -2.29. The maximum absolute atomic E-state index is 12.2. The van der Waals surface area contributed by atoms with Crippen LogP contribution in [0.1, 0.15) is 30.6 Å². The molecule has 1 atom stereocenters. The summed E-state index contributed by atoms with van der Waals surface area (Å²) in [5.41, 5.74) is 1.08. The molecule has 0 aliphatic carbocycles. The minimum atomic E-state index is -0.412. The molecule has 0 aliphatic heterocycles. The van der Waals surface area contributed by atoms with Gasteiger partial charge in [0, 0.05) is 18.1 Å². The summed E-state index contributed by atoms with van der Waals surface area (Å²) in [7, 11) is 0. The summed E-state index contributed by atoms with van der Waals surface area (Å²) in [5.74, 6) is -0.0220. The van der Waals surface area contributed by atoms with E-state index < -0.39 is 6.10 Å². The Morgan fingerprint density at radius 3 is 2.86 bits per heavy atom. The number of aliphatic hydroxyl groups is 1. The molecule has 4 nitrogen and oxygen atoms in total. The highest BCUT2D eigenvalue weighted by molar-refractivity contribution is 6.36. The van der Waals surface area contributed by atoms with Gasteiger partial charge in [-0.05, 0) is 36.6 Å². The second kappa shape index (κ2) is 6.87. The molecule has 0 saturated carbocycles. The Hall–Kier alpha value is -1.65. The van der Waals surface area contributed by atoms with Gasteiger partial charge >= 0.3 is 0 Å². The van der Waals surface area contributed by atoms with E-state index in [2.05, 4.69) is 10.3 Å². The zero-order valence-electron chi connectivity index (χ0n) is 12.1. The normalized spacial score (nSPS) is 12.6. The number of pyridine rings is 1. The molecule has 1 amide bonds. The maximum Gasteiger partial charge on any atom is 0.253 e. The zero-order chi connectivity index (χ0) is 15.4. The van der Waals surface area contributed by atoms with Crippen LogP contribution < -0.4 is 5.32 Å². The second-order valence-electron chi connectivity index (χ2n) is 5.35. The SMILES string of the molecule is CC(C)C(O)CCNC(=O)c1ccc(Cl)c2cccnc12. The number of halogens is 1. The van der Waals surface area contributed by atoms with Crippen LogP contribution in [0.2, 0.25) is 5.02 Å². The highest BCUT2D eigenvalue weighted by Gasteiger charge is 2.14. The fourth-order valence-corrected chi connectivity index (χ4v) is 2.30. The molecule has 2 rings (SSSR count). The van der Waals surface area contributed by atoms with Crippen LogP contribution in [0, 0.1) is 5.92 Å². The molecule has 0 radical (unpaired) electrons. The van der Waals surface area contributed by atoms with E-state index in [-0.39, 0.29) is 11.8 Å². The van der Waals surface area contributed by atoms with Crippen molar-refractivity contribution in [2.75, 3.05) is 6.54 Å². The monoisotopic (exact) mass is 306 g/mol. The van der Waals surface area contributed by atoms with Gasteiger partial charge in [-0.25, -0.2) is 0 Å². The molecule has 112 valence electrons. The van der Waals surface area contributed by atoms with Crippen molar-refractivity contribution >= 4 is 28.4 Å². The zero-order valence-corrected chi connectivity index (χ0v) is 12.9. The van der Waals surface area contributed by atoms with Crippen LogP contribution in [-0.4, -0.2) is 28.6 Å². The van der Waals surface area contributed by atoms with E-state index in [1.807, 2.05) is 19.9 Å². The van der Waals surface area contributed by atoms with Gasteiger partial charge in [-0.15, -0.1) is 0 Å². The summed E-state index contributed by atoms with van der Waals surface area (Å²) < 4.78 is 0. The van der Waals surface area contributed by atoms with Gasteiger partial charge in [0.2, 0.25) is 0 Å². The standard InChI is InChI=1S/C16H19ClN2O2/c1-10(2)14(20)7-9-19-16(21)12-5-6-13(17)11-4-3-8-18-15(11)12/h3-6,8,10,14,20H,7,9H2,1-2H3,(H,19,21). The number of nitrogens with zero attached hydrogens (tertiary/aromatic N) is 1. The third kappa shape index (κ3) is 3.71. The largest absolute Gasteiger partial charge is 0.393 e. The third-order valence-electron chi connectivity index (χ3n) is 3.46. The number of carbonyl (C=O) groups excluding carboxylic acids is 1. The topological polar surface area (TPSA) is 62.2 Å². The molecule has 2 aromatic rings. The number of hydrogen-bond donors (Lipinski definition) is 2. The first-order valence-electron chi connectivity index (χ1n) is 7.00. The smallest absolute Gasteiger partial charge is 0.253 e. The first-order chi connectivity index (χ1) is 10.0. The average molecular weight is 307 g/mol. The van der Waals surface area contributed by atoms with Crippen LogP contribution >= 0.6 is 11.6 Å². The van der Waals surface area contributed by atoms with Crippen LogP contribution in [0.25, 0.3) is 10.9 Å². The fraction of sp³-hybridized carbons (Fsp3) is 0.375. The predicted molar refractivity (Wildman–Crippen MR) is 84.5 cm³/mol. The molecular formula is C16H19ClN2O2. The number of benzene rings is 1. The summed E-state index contributed by atoms with van der Waals surface area (Å²) in [4.78, 5) is 16.5. The Balaban J connectivity index is 2.12.